The molecule has 3 rings (SSSR count). The van der Waals surface area contributed by atoms with Crippen molar-refractivity contribution < 1.29 is 9.90 Å². The van der Waals surface area contributed by atoms with E-state index in [0.717, 1.165) is 31.2 Å². The number of aromatic nitrogens is 2. The minimum absolute atomic E-state index is 0.0672. The van der Waals surface area contributed by atoms with Crippen LogP contribution in [0.2, 0.25) is 0 Å². The van der Waals surface area contributed by atoms with Gasteiger partial charge in [0.15, 0.2) is 0 Å². The second-order valence-corrected chi connectivity index (χ2v) is 6.83. The number of benzene rings is 1. The molecule has 1 amide bonds. The van der Waals surface area contributed by atoms with Crippen molar-refractivity contribution in [2.75, 3.05) is 13.6 Å². The Bertz CT molecular complexity index is 822. The lowest BCUT2D eigenvalue weighted by molar-refractivity contribution is -0.133. The molecule has 24 heavy (non-hydrogen) atoms. The lowest BCUT2D eigenvalue weighted by Crippen LogP contribution is -2.44. The van der Waals surface area contributed by atoms with E-state index in [9.17, 15) is 14.7 Å². The highest BCUT2D eigenvalue weighted by Crippen LogP contribution is 2.29. The van der Waals surface area contributed by atoms with Crippen LogP contribution < -0.4 is 5.56 Å². The van der Waals surface area contributed by atoms with E-state index in [0.29, 0.717) is 17.4 Å². The van der Waals surface area contributed by atoms with Crippen LogP contribution in [-0.2, 0) is 11.3 Å². The van der Waals surface area contributed by atoms with Gasteiger partial charge in [-0.05, 0) is 31.4 Å². The average Bonchev–Trinajstić information content (AvgIpc) is 2.96. The Kier molecular flexibility index (Phi) is 4.41. The molecule has 0 unspecified atom stereocenters. The van der Waals surface area contributed by atoms with Gasteiger partial charge in [0, 0.05) is 13.6 Å². The van der Waals surface area contributed by atoms with Crippen molar-refractivity contribution in [2.24, 2.45) is 0 Å². The van der Waals surface area contributed by atoms with Crippen molar-refractivity contribution >= 4 is 16.8 Å². The molecular formula is C18H23N3O3. The molecule has 0 spiro atoms. The van der Waals surface area contributed by atoms with E-state index in [1.807, 2.05) is 19.1 Å². The van der Waals surface area contributed by atoms with Gasteiger partial charge in [-0.3, -0.25) is 14.2 Å². The average molecular weight is 329 g/mol. The fourth-order valence-electron chi connectivity index (χ4n) is 3.44. The second kappa shape index (κ2) is 6.36. The molecule has 6 heteroatoms. The molecule has 1 aliphatic carbocycles. The minimum Gasteiger partial charge on any atom is -0.388 e. The summed E-state index contributed by atoms with van der Waals surface area (Å²) in [5.41, 5.74) is 0.599. The van der Waals surface area contributed by atoms with Gasteiger partial charge >= 0.3 is 0 Å². The van der Waals surface area contributed by atoms with Crippen LogP contribution in [-0.4, -0.2) is 44.7 Å². The molecule has 0 saturated heterocycles. The molecule has 1 fully saturated rings. The molecule has 0 bridgehead atoms. The van der Waals surface area contributed by atoms with Gasteiger partial charge in [0.05, 0.1) is 22.8 Å². The summed E-state index contributed by atoms with van der Waals surface area (Å²) in [7, 11) is 1.67. The predicted molar refractivity (Wildman–Crippen MR) is 91.8 cm³/mol. The molecule has 0 radical (unpaired) electrons. The largest absolute Gasteiger partial charge is 0.388 e. The van der Waals surface area contributed by atoms with Gasteiger partial charge < -0.3 is 10.0 Å². The summed E-state index contributed by atoms with van der Waals surface area (Å²) in [6, 6.07) is 5.44. The van der Waals surface area contributed by atoms with Crippen molar-refractivity contribution in [3.8, 4) is 0 Å². The molecule has 0 aliphatic heterocycles. The third kappa shape index (κ3) is 3.19. The van der Waals surface area contributed by atoms with Crippen molar-refractivity contribution in [2.45, 2.75) is 44.8 Å². The summed E-state index contributed by atoms with van der Waals surface area (Å²) in [5, 5.41) is 10.9. The molecular weight excluding hydrogens is 306 g/mol. The molecule has 1 saturated carbocycles. The maximum Gasteiger partial charge on any atom is 0.261 e. The number of para-hydroxylation sites is 1. The maximum atomic E-state index is 12.5. The highest BCUT2D eigenvalue weighted by atomic mass is 16.3. The Morgan fingerprint density at radius 2 is 2.08 bits per heavy atom. The maximum absolute atomic E-state index is 12.5. The number of rotatable bonds is 4. The first-order chi connectivity index (χ1) is 11.4. The molecule has 2 aromatic rings. The van der Waals surface area contributed by atoms with Crippen LogP contribution in [0.25, 0.3) is 10.9 Å². The summed E-state index contributed by atoms with van der Waals surface area (Å²) in [4.78, 5) is 30.8. The number of amides is 1. The highest BCUT2D eigenvalue weighted by Gasteiger charge is 2.33. The van der Waals surface area contributed by atoms with Crippen LogP contribution in [0.5, 0.6) is 0 Å². The standard InChI is InChI=1S/C18H23N3O3/c1-13-6-5-7-14-16(13)19-12-21(17(14)23)10-15(22)20(2)11-18(24)8-3-4-9-18/h5-7,12,24H,3-4,8-11H2,1-2H3. The number of hydrogen-bond donors (Lipinski definition) is 1. The third-order valence-corrected chi connectivity index (χ3v) is 4.85. The number of aliphatic hydroxyl groups is 1. The highest BCUT2D eigenvalue weighted by molar-refractivity contribution is 5.81. The summed E-state index contributed by atoms with van der Waals surface area (Å²) in [5.74, 6) is -0.203. The Hall–Kier alpha value is -2.21. The van der Waals surface area contributed by atoms with E-state index in [-0.39, 0.29) is 18.0 Å². The van der Waals surface area contributed by atoms with Crippen LogP contribution >= 0.6 is 0 Å². The molecule has 1 aromatic carbocycles. The molecule has 6 nitrogen and oxygen atoms in total. The van der Waals surface area contributed by atoms with Crippen molar-refractivity contribution in [3.05, 3.63) is 40.4 Å². The fraction of sp³-hybridized carbons (Fsp3) is 0.500. The Morgan fingerprint density at radius 1 is 1.38 bits per heavy atom. The van der Waals surface area contributed by atoms with Gasteiger partial charge in [-0.2, -0.15) is 0 Å². The van der Waals surface area contributed by atoms with Crippen LogP contribution in [0.1, 0.15) is 31.2 Å². The van der Waals surface area contributed by atoms with Gasteiger partial charge in [0.25, 0.3) is 5.56 Å². The zero-order valence-corrected chi connectivity index (χ0v) is 14.2. The van der Waals surface area contributed by atoms with E-state index in [1.54, 1.807) is 13.1 Å². The topological polar surface area (TPSA) is 75.4 Å². The van der Waals surface area contributed by atoms with Gasteiger partial charge in [0.2, 0.25) is 5.91 Å². The number of carbonyl (C=O) groups excluding carboxylic acids is 1. The lowest BCUT2D eigenvalue weighted by atomic mass is 10.0. The first-order valence-corrected chi connectivity index (χ1v) is 8.31. The van der Waals surface area contributed by atoms with E-state index in [1.165, 1.54) is 15.8 Å². The van der Waals surface area contributed by atoms with E-state index < -0.39 is 5.60 Å². The third-order valence-electron chi connectivity index (χ3n) is 4.85. The van der Waals surface area contributed by atoms with Crippen LogP contribution in [0, 0.1) is 6.92 Å². The monoisotopic (exact) mass is 329 g/mol. The van der Waals surface area contributed by atoms with E-state index >= 15 is 0 Å². The molecule has 128 valence electrons. The quantitative estimate of drug-likeness (QED) is 0.922. The molecule has 1 heterocycles. The normalized spacial score (nSPS) is 16.5. The molecule has 1 aromatic heterocycles. The SMILES string of the molecule is Cc1cccc2c(=O)n(CC(=O)N(C)CC3(O)CCCC3)cnc12. The Morgan fingerprint density at radius 3 is 2.79 bits per heavy atom. The molecule has 1 aliphatic rings. The fourth-order valence-corrected chi connectivity index (χ4v) is 3.44. The number of likely N-dealkylation sites (N-methyl/N-ethyl adjacent to an activating group) is 1. The Labute approximate surface area is 140 Å². The number of fused-ring (bicyclic) bond motifs is 1. The van der Waals surface area contributed by atoms with Crippen molar-refractivity contribution in [3.63, 3.8) is 0 Å². The summed E-state index contributed by atoms with van der Waals surface area (Å²) >= 11 is 0. The summed E-state index contributed by atoms with van der Waals surface area (Å²) in [6.45, 7) is 2.14. The van der Waals surface area contributed by atoms with Gasteiger partial charge in [0.1, 0.15) is 6.54 Å². The van der Waals surface area contributed by atoms with Gasteiger partial charge in [-0.15, -0.1) is 0 Å². The second-order valence-electron chi connectivity index (χ2n) is 6.83. The van der Waals surface area contributed by atoms with Crippen LogP contribution in [0.3, 0.4) is 0 Å². The van der Waals surface area contributed by atoms with Crippen molar-refractivity contribution in [1.29, 1.82) is 0 Å². The minimum atomic E-state index is -0.784. The first-order valence-electron chi connectivity index (χ1n) is 8.31. The van der Waals surface area contributed by atoms with E-state index in [2.05, 4.69) is 4.98 Å². The van der Waals surface area contributed by atoms with Crippen LogP contribution in [0.15, 0.2) is 29.3 Å². The molecule has 1 N–H and O–H groups in total. The number of aryl methyl sites for hydroxylation is 1. The smallest absolute Gasteiger partial charge is 0.261 e. The Balaban J connectivity index is 1.78. The number of hydrogen-bond acceptors (Lipinski definition) is 4. The lowest BCUT2D eigenvalue weighted by Gasteiger charge is -2.28. The zero-order chi connectivity index (χ0) is 17.3. The molecule has 0 atom stereocenters. The number of nitrogens with zero attached hydrogens (tertiary/aromatic N) is 3. The van der Waals surface area contributed by atoms with E-state index in [4.69, 9.17) is 0 Å². The number of carbonyl (C=O) groups is 1. The van der Waals surface area contributed by atoms with Gasteiger partial charge in [-0.1, -0.05) is 25.0 Å². The summed E-state index contributed by atoms with van der Waals surface area (Å²) in [6.07, 6.45) is 4.86. The van der Waals surface area contributed by atoms with Crippen molar-refractivity contribution in [1.82, 2.24) is 14.5 Å². The zero-order valence-electron chi connectivity index (χ0n) is 14.2. The predicted octanol–water partition coefficient (Wildman–Crippen LogP) is 1.47. The first kappa shape index (κ1) is 16.6. The van der Waals surface area contributed by atoms with Crippen LogP contribution in [0.4, 0.5) is 0 Å². The summed E-state index contributed by atoms with van der Waals surface area (Å²) < 4.78 is 1.33. The van der Waals surface area contributed by atoms with Gasteiger partial charge in [-0.25, -0.2) is 4.98 Å².